The number of nitrogens with one attached hydrogen (secondary N) is 1. The van der Waals surface area contributed by atoms with Crippen molar-refractivity contribution in [3.05, 3.63) is 41.7 Å². The van der Waals surface area contributed by atoms with E-state index in [0.717, 1.165) is 37.9 Å². The Morgan fingerprint density at radius 3 is 2.36 bits per heavy atom. The van der Waals surface area contributed by atoms with E-state index in [2.05, 4.69) is 15.3 Å². The summed E-state index contributed by atoms with van der Waals surface area (Å²) < 4.78 is 10.6. The van der Waals surface area contributed by atoms with Gasteiger partial charge in [-0.2, -0.15) is 0 Å². The van der Waals surface area contributed by atoms with Gasteiger partial charge in [0.25, 0.3) is 5.91 Å². The van der Waals surface area contributed by atoms with Gasteiger partial charge in [-0.3, -0.25) is 4.79 Å². The van der Waals surface area contributed by atoms with Crippen molar-refractivity contribution in [2.24, 2.45) is 0 Å². The molecular weight excluding hydrogens is 356 g/mol. The number of benzene rings is 1. The van der Waals surface area contributed by atoms with Crippen molar-refractivity contribution in [2.45, 2.75) is 32.1 Å². The third kappa shape index (κ3) is 5.12. The Hall–Kier alpha value is -2.83. The third-order valence-electron chi connectivity index (χ3n) is 4.94. The molecule has 0 bridgehead atoms. The maximum Gasteiger partial charge on any atom is 0.256 e. The lowest BCUT2D eigenvalue weighted by Gasteiger charge is -2.19. The molecule has 0 aliphatic carbocycles. The molecule has 1 fully saturated rings. The number of aromatic nitrogens is 2. The molecule has 0 radical (unpaired) electrons. The highest BCUT2D eigenvalue weighted by molar-refractivity contribution is 5.93. The smallest absolute Gasteiger partial charge is 0.256 e. The molecule has 150 valence electrons. The number of carbonyl (C=O) groups excluding carboxylic acids is 1. The fourth-order valence-corrected chi connectivity index (χ4v) is 3.34. The number of hydrogen-bond acceptors (Lipinski definition) is 6. The molecule has 1 aromatic carbocycles. The Morgan fingerprint density at radius 1 is 1.04 bits per heavy atom. The zero-order chi connectivity index (χ0) is 19.8. The number of ether oxygens (including phenoxy) is 2. The summed E-state index contributed by atoms with van der Waals surface area (Å²) in [5.41, 5.74) is 1.67. The van der Waals surface area contributed by atoms with Crippen molar-refractivity contribution in [2.75, 3.05) is 39.2 Å². The number of methoxy groups -OCH3 is 2. The Morgan fingerprint density at radius 2 is 1.71 bits per heavy atom. The van der Waals surface area contributed by atoms with Gasteiger partial charge in [0, 0.05) is 32.0 Å². The molecule has 1 N–H and O–H groups in total. The van der Waals surface area contributed by atoms with Gasteiger partial charge in [0.1, 0.15) is 0 Å². The molecule has 2 aromatic rings. The van der Waals surface area contributed by atoms with Crippen LogP contribution in [0.5, 0.6) is 11.5 Å². The number of amides is 1. The summed E-state index contributed by atoms with van der Waals surface area (Å²) in [4.78, 5) is 23.1. The summed E-state index contributed by atoms with van der Waals surface area (Å²) in [6, 6.07) is 5.87. The maximum absolute atomic E-state index is 12.6. The molecule has 1 aliphatic heterocycles. The SMILES string of the molecule is COc1ccc(CCNc2ncc(C(=O)N3CCCCCC3)cn2)cc1OC. The minimum Gasteiger partial charge on any atom is -0.493 e. The molecule has 28 heavy (non-hydrogen) atoms. The van der Waals surface area contributed by atoms with Crippen molar-refractivity contribution in [1.82, 2.24) is 14.9 Å². The lowest BCUT2D eigenvalue weighted by molar-refractivity contribution is 0.0761. The normalized spacial score (nSPS) is 14.3. The van der Waals surface area contributed by atoms with Crippen molar-refractivity contribution in [3.63, 3.8) is 0 Å². The van der Waals surface area contributed by atoms with Crippen molar-refractivity contribution in [1.29, 1.82) is 0 Å². The van der Waals surface area contributed by atoms with Crippen LogP contribution >= 0.6 is 0 Å². The Labute approximate surface area is 166 Å². The molecule has 1 saturated heterocycles. The first-order chi connectivity index (χ1) is 13.7. The van der Waals surface area contributed by atoms with Crippen molar-refractivity contribution in [3.8, 4) is 11.5 Å². The molecule has 0 spiro atoms. The van der Waals surface area contributed by atoms with Gasteiger partial charge in [0.15, 0.2) is 11.5 Å². The van der Waals surface area contributed by atoms with Gasteiger partial charge in [-0.25, -0.2) is 9.97 Å². The highest BCUT2D eigenvalue weighted by Crippen LogP contribution is 2.27. The summed E-state index contributed by atoms with van der Waals surface area (Å²) >= 11 is 0. The standard InChI is InChI=1S/C21H28N4O3/c1-27-18-8-7-16(13-19(18)28-2)9-10-22-21-23-14-17(15-24-21)20(26)25-11-5-3-4-6-12-25/h7-8,13-15H,3-6,9-12H2,1-2H3,(H,22,23,24). The van der Waals surface area contributed by atoms with E-state index >= 15 is 0 Å². The monoisotopic (exact) mass is 384 g/mol. The Bertz CT molecular complexity index is 772. The van der Waals surface area contributed by atoms with E-state index in [1.165, 1.54) is 12.8 Å². The van der Waals surface area contributed by atoms with E-state index in [4.69, 9.17) is 9.47 Å². The van der Waals surface area contributed by atoms with E-state index in [1.54, 1.807) is 26.6 Å². The van der Waals surface area contributed by atoms with E-state index in [9.17, 15) is 4.79 Å². The summed E-state index contributed by atoms with van der Waals surface area (Å²) in [6.07, 6.45) is 8.55. The average Bonchev–Trinajstić information content (AvgIpc) is 3.03. The number of carbonyl (C=O) groups is 1. The Kier molecular flexibility index (Phi) is 7.06. The van der Waals surface area contributed by atoms with Crippen LogP contribution in [0, 0.1) is 0 Å². The topological polar surface area (TPSA) is 76.6 Å². The fourth-order valence-electron chi connectivity index (χ4n) is 3.34. The predicted molar refractivity (Wildman–Crippen MR) is 108 cm³/mol. The molecule has 0 saturated carbocycles. The van der Waals surface area contributed by atoms with Crippen LogP contribution in [0.4, 0.5) is 5.95 Å². The lowest BCUT2D eigenvalue weighted by Crippen LogP contribution is -2.32. The first kappa shape index (κ1) is 19.9. The average molecular weight is 384 g/mol. The van der Waals surface area contributed by atoms with Gasteiger partial charge in [-0.15, -0.1) is 0 Å². The van der Waals surface area contributed by atoms with Crippen LogP contribution in [-0.4, -0.2) is 54.6 Å². The van der Waals surface area contributed by atoms with E-state index < -0.39 is 0 Å². The molecule has 1 amide bonds. The van der Waals surface area contributed by atoms with Crippen molar-refractivity contribution < 1.29 is 14.3 Å². The number of nitrogens with zero attached hydrogens (tertiary/aromatic N) is 3. The van der Waals surface area contributed by atoms with Gasteiger partial charge >= 0.3 is 0 Å². The third-order valence-corrected chi connectivity index (χ3v) is 4.94. The van der Waals surface area contributed by atoms with Crippen LogP contribution in [0.2, 0.25) is 0 Å². The number of rotatable bonds is 7. The summed E-state index contributed by atoms with van der Waals surface area (Å²) in [6.45, 7) is 2.32. The minimum absolute atomic E-state index is 0.0266. The summed E-state index contributed by atoms with van der Waals surface area (Å²) in [5.74, 6) is 1.98. The molecule has 1 aliphatic rings. The van der Waals surface area contributed by atoms with Crippen LogP contribution in [0.1, 0.15) is 41.6 Å². The molecule has 3 rings (SSSR count). The molecular formula is C21H28N4O3. The van der Waals surface area contributed by atoms with E-state index in [-0.39, 0.29) is 5.91 Å². The molecule has 0 atom stereocenters. The summed E-state index contributed by atoms with van der Waals surface area (Å²) in [7, 11) is 3.25. The van der Waals surface area contributed by atoms with Crippen LogP contribution in [0.3, 0.4) is 0 Å². The highest BCUT2D eigenvalue weighted by atomic mass is 16.5. The second-order valence-corrected chi connectivity index (χ2v) is 6.87. The molecule has 1 aromatic heterocycles. The number of hydrogen-bond donors (Lipinski definition) is 1. The molecule has 0 unspecified atom stereocenters. The molecule has 7 heteroatoms. The van der Waals surface area contributed by atoms with Gasteiger partial charge in [0.05, 0.1) is 19.8 Å². The van der Waals surface area contributed by atoms with Gasteiger partial charge < -0.3 is 19.7 Å². The molecule has 7 nitrogen and oxygen atoms in total. The lowest BCUT2D eigenvalue weighted by atomic mass is 10.1. The van der Waals surface area contributed by atoms with Gasteiger partial charge in [-0.1, -0.05) is 18.9 Å². The van der Waals surface area contributed by atoms with Gasteiger partial charge in [0.2, 0.25) is 5.95 Å². The largest absolute Gasteiger partial charge is 0.493 e. The zero-order valence-corrected chi connectivity index (χ0v) is 16.6. The second kappa shape index (κ2) is 9.92. The first-order valence-corrected chi connectivity index (χ1v) is 9.77. The second-order valence-electron chi connectivity index (χ2n) is 6.87. The number of anilines is 1. The minimum atomic E-state index is 0.0266. The van der Waals surface area contributed by atoms with E-state index in [0.29, 0.717) is 29.6 Å². The highest BCUT2D eigenvalue weighted by Gasteiger charge is 2.17. The van der Waals surface area contributed by atoms with Crippen LogP contribution in [0.25, 0.3) is 0 Å². The Balaban J connectivity index is 1.52. The quantitative estimate of drug-likeness (QED) is 0.790. The van der Waals surface area contributed by atoms with Crippen molar-refractivity contribution >= 4 is 11.9 Å². The predicted octanol–water partition coefficient (Wildman–Crippen LogP) is 3.16. The van der Waals surface area contributed by atoms with Crippen LogP contribution in [0.15, 0.2) is 30.6 Å². The van der Waals surface area contributed by atoms with Crippen LogP contribution in [-0.2, 0) is 6.42 Å². The molecule has 2 heterocycles. The van der Waals surface area contributed by atoms with Crippen LogP contribution < -0.4 is 14.8 Å². The fraction of sp³-hybridized carbons (Fsp3) is 0.476. The zero-order valence-electron chi connectivity index (χ0n) is 16.6. The van der Waals surface area contributed by atoms with E-state index in [1.807, 2.05) is 23.1 Å². The summed E-state index contributed by atoms with van der Waals surface area (Å²) in [5, 5.41) is 3.20. The number of likely N-dealkylation sites (tertiary alicyclic amines) is 1. The van der Waals surface area contributed by atoms with Gasteiger partial charge in [-0.05, 0) is 37.0 Å². The first-order valence-electron chi connectivity index (χ1n) is 9.77. The maximum atomic E-state index is 12.6.